The highest BCUT2D eigenvalue weighted by Crippen LogP contribution is 2.15. The molecule has 0 saturated carbocycles. The third-order valence-corrected chi connectivity index (χ3v) is 2.56. The van der Waals surface area contributed by atoms with Crippen molar-refractivity contribution >= 4 is 5.97 Å². The number of aromatic nitrogens is 1. The van der Waals surface area contributed by atoms with Gasteiger partial charge >= 0.3 is 5.97 Å². The molecule has 0 atom stereocenters. The van der Waals surface area contributed by atoms with Gasteiger partial charge in [-0.3, -0.25) is 9.36 Å². The summed E-state index contributed by atoms with van der Waals surface area (Å²) in [4.78, 5) is 23.5. The van der Waals surface area contributed by atoms with Gasteiger partial charge < -0.3 is 9.84 Å². The molecule has 0 radical (unpaired) electrons. The van der Waals surface area contributed by atoms with Gasteiger partial charge in [0.25, 0.3) is 5.56 Å². The fourth-order valence-corrected chi connectivity index (χ4v) is 1.63. The molecule has 0 fully saturated rings. The number of pyridine rings is 1. The van der Waals surface area contributed by atoms with E-state index in [2.05, 4.69) is 4.74 Å². The average Bonchev–Trinajstić information content (AvgIpc) is 2.40. The minimum atomic E-state index is -0.932. The van der Waals surface area contributed by atoms with E-state index in [1.807, 2.05) is 0 Å². The van der Waals surface area contributed by atoms with E-state index in [0.717, 1.165) is 11.7 Å². The summed E-state index contributed by atoms with van der Waals surface area (Å²) in [7, 11) is 1.11. The minimum Gasteiger partial charge on any atom is -0.507 e. The summed E-state index contributed by atoms with van der Waals surface area (Å²) in [6, 6.07) is 6.33. The maximum Gasteiger partial charge on any atom is 0.347 e. The second-order valence-electron chi connectivity index (χ2n) is 3.72. The van der Waals surface area contributed by atoms with Crippen LogP contribution >= 0.6 is 0 Å². The van der Waals surface area contributed by atoms with Crippen LogP contribution in [0.5, 0.6) is 5.75 Å². The van der Waals surface area contributed by atoms with E-state index in [-0.39, 0.29) is 0 Å². The maximum absolute atomic E-state index is 12.8. The topological polar surface area (TPSA) is 68.5 Å². The molecule has 5 nitrogen and oxygen atoms in total. The van der Waals surface area contributed by atoms with E-state index in [4.69, 9.17) is 0 Å². The van der Waals surface area contributed by atoms with Crippen molar-refractivity contribution in [2.45, 2.75) is 0 Å². The largest absolute Gasteiger partial charge is 0.507 e. The lowest BCUT2D eigenvalue weighted by atomic mass is 10.2. The first-order chi connectivity index (χ1) is 9.04. The summed E-state index contributed by atoms with van der Waals surface area (Å²) < 4.78 is 18.4. The Hall–Kier alpha value is -2.63. The van der Waals surface area contributed by atoms with Crippen molar-refractivity contribution in [3.8, 4) is 11.4 Å². The Morgan fingerprint density at radius 1 is 1.26 bits per heavy atom. The van der Waals surface area contributed by atoms with Crippen LogP contribution < -0.4 is 5.56 Å². The Balaban J connectivity index is 2.63. The fourth-order valence-electron chi connectivity index (χ4n) is 1.63. The summed E-state index contributed by atoms with van der Waals surface area (Å²) in [5, 5.41) is 9.53. The molecule has 0 saturated heterocycles. The van der Waals surface area contributed by atoms with Gasteiger partial charge in [-0.05, 0) is 30.3 Å². The van der Waals surface area contributed by atoms with Gasteiger partial charge in [-0.2, -0.15) is 0 Å². The van der Waals surface area contributed by atoms with E-state index in [0.29, 0.717) is 5.69 Å². The summed E-state index contributed by atoms with van der Waals surface area (Å²) in [6.07, 6.45) is 1.29. The zero-order valence-electron chi connectivity index (χ0n) is 9.96. The zero-order valence-corrected chi connectivity index (χ0v) is 9.96. The number of esters is 1. The van der Waals surface area contributed by atoms with Crippen molar-refractivity contribution in [2.75, 3.05) is 7.11 Å². The van der Waals surface area contributed by atoms with Crippen molar-refractivity contribution in [3.05, 3.63) is 58.3 Å². The number of carbonyl (C=O) groups excluding carboxylic acids is 1. The molecule has 1 aromatic heterocycles. The standard InChI is InChI=1S/C13H10FNO4/c1-19-13(18)11-10(16)6-7-15(12(11)17)9-4-2-8(14)3-5-9/h2-7,16H,1H3. The highest BCUT2D eigenvalue weighted by Gasteiger charge is 2.18. The van der Waals surface area contributed by atoms with Crippen LogP contribution in [0.15, 0.2) is 41.3 Å². The van der Waals surface area contributed by atoms with Crippen LogP contribution in [0.3, 0.4) is 0 Å². The van der Waals surface area contributed by atoms with Gasteiger partial charge in [-0.1, -0.05) is 0 Å². The Morgan fingerprint density at radius 3 is 2.47 bits per heavy atom. The van der Waals surface area contributed by atoms with Gasteiger partial charge in [-0.25, -0.2) is 9.18 Å². The van der Waals surface area contributed by atoms with Crippen LogP contribution in [0.25, 0.3) is 5.69 Å². The minimum absolute atomic E-state index is 0.372. The number of nitrogens with zero attached hydrogens (tertiary/aromatic N) is 1. The smallest absolute Gasteiger partial charge is 0.347 e. The summed E-state index contributed by atoms with van der Waals surface area (Å²) in [5.74, 6) is -1.84. The van der Waals surface area contributed by atoms with Crippen LogP contribution in [-0.2, 0) is 4.74 Å². The number of rotatable bonds is 2. The van der Waals surface area contributed by atoms with Gasteiger partial charge in [0.2, 0.25) is 0 Å². The Morgan fingerprint density at radius 2 is 1.89 bits per heavy atom. The van der Waals surface area contributed by atoms with E-state index in [9.17, 15) is 19.1 Å². The molecule has 0 amide bonds. The van der Waals surface area contributed by atoms with E-state index in [1.165, 1.54) is 36.5 Å². The Kier molecular flexibility index (Phi) is 3.33. The van der Waals surface area contributed by atoms with Crippen molar-refractivity contribution in [1.82, 2.24) is 4.57 Å². The molecule has 0 spiro atoms. The van der Waals surface area contributed by atoms with Gasteiger partial charge in [0.05, 0.1) is 7.11 Å². The Labute approximate surface area is 107 Å². The molecule has 0 unspecified atom stereocenters. The molecule has 1 N–H and O–H groups in total. The second kappa shape index (κ2) is 4.93. The molecule has 0 bridgehead atoms. The lowest BCUT2D eigenvalue weighted by Crippen LogP contribution is -2.25. The number of benzene rings is 1. The highest BCUT2D eigenvalue weighted by molar-refractivity contribution is 5.91. The highest BCUT2D eigenvalue weighted by atomic mass is 19.1. The lowest BCUT2D eigenvalue weighted by molar-refractivity contribution is 0.0595. The van der Waals surface area contributed by atoms with Gasteiger partial charge in [0.15, 0.2) is 5.56 Å². The summed E-state index contributed by atoms with van der Waals surface area (Å²) >= 11 is 0. The molecule has 98 valence electrons. The molecule has 6 heteroatoms. The molecule has 1 heterocycles. The van der Waals surface area contributed by atoms with E-state index >= 15 is 0 Å². The van der Waals surface area contributed by atoms with Gasteiger partial charge in [0, 0.05) is 11.9 Å². The lowest BCUT2D eigenvalue weighted by Gasteiger charge is -2.08. The third-order valence-electron chi connectivity index (χ3n) is 2.56. The van der Waals surface area contributed by atoms with Crippen molar-refractivity contribution in [1.29, 1.82) is 0 Å². The zero-order chi connectivity index (χ0) is 14.0. The van der Waals surface area contributed by atoms with Gasteiger partial charge in [-0.15, -0.1) is 0 Å². The monoisotopic (exact) mass is 263 g/mol. The SMILES string of the molecule is COC(=O)c1c(O)ccn(-c2ccc(F)cc2)c1=O. The van der Waals surface area contributed by atoms with Crippen LogP contribution in [0.2, 0.25) is 0 Å². The third kappa shape index (κ3) is 2.33. The molecular formula is C13H10FNO4. The quantitative estimate of drug-likeness (QED) is 0.833. The molecule has 0 aliphatic rings. The number of methoxy groups -OCH3 is 1. The van der Waals surface area contributed by atoms with Crippen LogP contribution in [-0.4, -0.2) is 22.8 Å². The molecule has 0 aliphatic heterocycles. The van der Waals surface area contributed by atoms with E-state index in [1.54, 1.807) is 0 Å². The normalized spacial score (nSPS) is 10.2. The predicted molar refractivity (Wildman–Crippen MR) is 65.0 cm³/mol. The number of ether oxygens (including phenoxy) is 1. The number of halogens is 1. The number of hydrogen-bond acceptors (Lipinski definition) is 4. The predicted octanol–water partition coefficient (Wildman–Crippen LogP) is 1.47. The molecule has 0 aliphatic carbocycles. The van der Waals surface area contributed by atoms with Crippen molar-refractivity contribution < 1.29 is 19.0 Å². The van der Waals surface area contributed by atoms with Crippen LogP contribution in [0.1, 0.15) is 10.4 Å². The van der Waals surface area contributed by atoms with E-state index < -0.39 is 28.7 Å². The number of hydrogen-bond donors (Lipinski definition) is 1. The number of carbonyl (C=O) groups is 1. The first-order valence-corrected chi connectivity index (χ1v) is 5.33. The molecule has 2 aromatic rings. The second-order valence-corrected chi connectivity index (χ2v) is 3.72. The van der Waals surface area contributed by atoms with Crippen LogP contribution in [0, 0.1) is 5.82 Å². The molecule has 1 aromatic carbocycles. The Bertz CT molecular complexity index is 676. The number of aromatic hydroxyl groups is 1. The van der Waals surface area contributed by atoms with Crippen molar-refractivity contribution in [3.63, 3.8) is 0 Å². The molecule has 19 heavy (non-hydrogen) atoms. The summed E-state index contributed by atoms with van der Waals surface area (Å²) in [5.41, 5.74) is -0.829. The first-order valence-electron chi connectivity index (χ1n) is 5.33. The molecular weight excluding hydrogens is 253 g/mol. The fraction of sp³-hybridized carbons (Fsp3) is 0.0769. The first kappa shape index (κ1) is 12.8. The van der Waals surface area contributed by atoms with Crippen molar-refractivity contribution in [2.24, 2.45) is 0 Å². The molecule has 2 rings (SSSR count). The van der Waals surface area contributed by atoms with Crippen LogP contribution in [0.4, 0.5) is 4.39 Å². The maximum atomic E-state index is 12.8. The average molecular weight is 263 g/mol. The van der Waals surface area contributed by atoms with Gasteiger partial charge in [0.1, 0.15) is 11.6 Å². The summed E-state index contributed by atoms with van der Waals surface area (Å²) in [6.45, 7) is 0.